The fraction of sp³-hybridized carbons (Fsp3) is 0.579. The lowest BCUT2D eigenvalue weighted by Gasteiger charge is -2.33. The molecule has 0 bridgehead atoms. The highest BCUT2D eigenvalue weighted by atomic mass is 79.9. The van der Waals surface area contributed by atoms with Crippen LogP contribution in [0.4, 0.5) is 5.13 Å². The third-order valence-electron chi connectivity index (χ3n) is 5.45. The van der Waals surface area contributed by atoms with Crippen LogP contribution >= 0.6 is 27.3 Å². The maximum absolute atomic E-state index is 13.5. The van der Waals surface area contributed by atoms with E-state index in [2.05, 4.69) is 15.9 Å². The predicted molar refractivity (Wildman–Crippen MR) is 118 cm³/mol. The van der Waals surface area contributed by atoms with Crippen molar-refractivity contribution in [1.82, 2.24) is 9.29 Å². The molecule has 0 N–H and O–H groups in total. The van der Waals surface area contributed by atoms with Crippen LogP contribution in [-0.4, -0.2) is 62.2 Å². The number of nitrogens with zero attached hydrogens (tertiary/aromatic N) is 3. The zero-order valence-electron chi connectivity index (χ0n) is 16.2. The van der Waals surface area contributed by atoms with Gasteiger partial charge in [0.25, 0.3) is 0 Å². The molecule has 2 unspecified atom stereocenters. The van der Waals surface area contributed by atoms with Gasteiger partial charge in [0.1, 0.15) is 0 Å². The topological polar surface area (TPSA) is 79.8 Å². The monoisotopic (exact) mass is 501 g/mol. The van der Waals surface area contributed by atoms with E-state index in [0.29, 0.717) is 37.7 Å². The zero-order valence-corrected chi connectivity index (χ0v) is 19.4. The second-order valence-electron chi connectivity index (χ2n) is 7.65. The number of thiazole rings is 1. The molecule has 0 aliphatic carbocycles. The van der Waals surface area contributed by atoms with Gasteiger partial charge in [-0.3, -0.25) is 9.69 Å². The smallest absolute Gasteiger partial charge is 0.233 e. The molecule has 2 fully saturated rings. The van der Waals surface area contributed by atoms with Gasteiger partial charge in [-0.2, -0.15) is 0 Å². The molecular weight excluding hydrogens is 478 g/mol. The van der Waals surface area contributed by atoms with Crippen molar-refractivity contribution < 1.29 is 17.9 Å². The quantitative estimate of drug-likeness (QED) is 0.628. The third kappa shape index (κ3) is 4.82. The maximum atomic E-state index is 13.5. The summed E-state index contributed by atoms with van der Waals surface area (Å²) >= 11 is 4.96. The van der Waals surface area contributed by atoms with Crippen LogP contribution < -0.4 is 4.90 Å². The van der Waals surface area contributed by atoms with Crippen molar-refractivity contribution in [2.45, 2.75) is 31.8 Å². The summed E-state index contributed by atoms with van der Waals surface area (Å²) in [6, 6.07) is 5.86. The minimum Gasteiger partial charge on any atom is -0.376 e. The lowest BCUT2D eigenvalue weighted by molar-refractivity contribution is -0.123. The molecule has 1 aromatic heterocycles. The Morgan fingerprint density at radius 3 is 2.93 bits per heavy atom. The van der Waals surface area contributed by atoms with E-state index in [-0.39, 0.29) is 24.5 Å². The largest absolute Gasteiger partial charge is 0.376 e. The number of fused-ring (bicyclic) bond motifs is 1. The molecule has 2 saturated heterocycles. The summed E-state index contributed by atoms with van der Waals surface area (Å²) in [4.78, 5) is 19.9. The number of sulfonamides is 1. The van der Waals surface area contributed by atoms with Gasteiger partial charge in [0.05, 0.1) is 35.0 Å². The first-order valence-electron chi connectivity index (χ1n) is 9.75. The van der Waals surface area contributed by atoms with E-state index in [1.807, 2.05) is 18.2 Å². The van der Waals surface area contributed by atoms with E-state index < -0.39 is 10.0 Å². The highest BCUT2D eigenvalue weighted by molar-refractivity contribution is 9.10. The second kappa shape index (κ2) is 8.58. The molecule has 7 nitrogen and oxygen atoms in total. The van der Waals surface area contributed by atoms with Crippen LogP contribution in [-0.2, 0) is 19.6 Å². The average molecular weight is 502 g/mol. The molecule has 0 spiro atoms. The number of piperidine rings is 1. The summed E-state index contributed by atoms with van der Waals surface area (Å²) < 4.78 is 33.1. The van der Waals surface area contributed by atoms with Crippen molar-refractivity contribution in [3.63, 3.8) is 0 Å². The van der Waals surface area contributed by atoms with Gasteiger partial charge in [0.2, 0.25) is 15.9 Å². The molecule has 2 atom stereocenters. The number of hydrogen-bond donors (Lipinski definition) is 0. The number of carbonyl (C=O) groups excluding carboxylic acids is 1. The number of amides is 1. The Balaban J connectivity index is 1.63. The minimum absolute atomic E-state index is 0.00713. The van der Waals surface area contributed by atoms with E-state index in [0.717, 1.165) is 27.5 Å². The number of halogens is 1. The first-order valence-corrected chi connectivity index (χ1v) is 13.2. The number of aromatic nitrogens is 1. The summed E-state index contributed by atoms with van der Waals surface area (Å²) in [5.41, 5.74) is 0.847. The number of rotatable bonds is 5. The summed E-state index contributed by atoms with van der Waals surface area (Å²) in [6.45, 7) is 1.87. The van der Waals surface area contributed by atoms with Crippen LogP contribution in [0.3, 0.4) is 0 Å². The van der Waals surface area contributed by atoms with Crippen LogP contribution in [0.15, 0.2) is 22.7 Å². The Labute approximate surface area is 183 Å². The summed E-state index contributed by atoms with van der Waals surface area (Å²) in [7, 11) is -3.31. The van der Waals surface area contributed by atoms with E-state index in [1.165, 1.54) is 21.9 Å². The number of anilines is 1. The van der Waals surface area contributed by atoms with Gasteiger partial charge in [-0.15, -0.1) is 0 Å². The fourth-order valence-corrected chi connectivity index (χ4v) is 6.37. The third-order valence-corrected chi connectivity index (χ3v) is 8.25. The van der Waals surface area contributed by atoms with Crippen LogP contribution in [0.2, 0.25) is 0 Å². The van der Waals surface area contributed by atoms with E-state index in [9.17, 15) is 13.2 Å². The SMILES string of the molecule is CS(=O)(=O)N1CCCC(C(=O)N(CC2CCCO2)c2nc3ccc(Br)cc3s2)C1. The fourth-order valence-electron chi connectivity index (χ4n) is 3.92. The molecule has 2 aromatic rings. The molecule has 0 saturated carbocycles. The van der Waals surface area contributed by atoms with Crippen LogP contribution in [0.25, 0.3) is 10.2 Å². The lowest BCUT2D eigenvalue weighted by atomic mass is 9.98. The molecule has 3 heterocycles. The molecule has 4 rings (SSSR count). The van der Waals surface area contributed by atoms with E-state index in [4.69, 9.17) is 9.72 Å². The second-order valence-corrected chi connectivity index (χ2v) is 11.6. The maximum Gasteiger partial charge on any atom is 0.233 e. The van der Waals surface area contributed by atoms with Gasteiger partial charge in [-0.25, -0.2) is 17.7 Å². The zero-order chi connectivity index (χ0) is 20.6. The standard InChI is InChI=1S/C19H24BrN3O4S2/c1-29(25,26)22-8-2-4-13(11-22)18(24)23(12-15-5-3-9-27-15)19-21-16-7-6-14(20)10-17(16)28-19/h6-7,10,13,15H,2-5,8-9,11-12H2,1H3. The van der Waals surface area contributed by atoms with E-state index >= 15 is 0 Å². The van der Waals surface area contributed by atoms with Gasteiger partial charge in [-0.05, 0) is 43.9 Å². The Morgan fingerprint density at radius 1 is 1.38 bits per heavy atom. The van der Waals surface area contributed by atoms with Crippen molar-refractivity contribution in [2.24, 2.45) is 5.92 Å². The van der Waals surface area contributed by atoms with Gasteiger partial charge in [0.15, 0.2) is 5.13 Å². The Kier molecular flexibility index (Phi) is 6.27. The van der Waals surface area contributed by atoms with Gasteiger partial charge < -0.3 is 4.74 Å². The summed E-state index contributed by atoms with van der Waals surface area (Å²) in [6.07, 6.45) is 4.47. The molecule has 10 heteroatoms. The first kappa shape index (κ1) is 21.2. The molecular formula is C19H24BrN3O4S2. The number of carbonyl (C=O) groups is 1. The summed E-state index contributed by atoms with van der Waals surface area (Å²) in [5, 5.41) is 0.648. The van der Waals surface area contributed by atoms with Gasteiger partial charge >= 0.3 is 0 Å². The molecule has 158 valence electrons. The normalized spacial score (nSPS) is 23.5. The molecule has 2 aliphatic heterocycles. The molecule has 1 aromatic carbocycles. The number of benzene rings is 1. The van der Waals surface area contributed by atoms with Crippen LogP contribution in [0, 0.1) is 5.92 Å². The summed E-state index contributed by atoms with van der Waals surface area (Å²) in [5.74, 6) is -0.425. The Bertz CT molecular complexity index is 1000. The molecule has 2 aliphatic rings. The minimum atomic E-state index is -3.31. The van der Waals surface area contributed by atoms with Crippen LogP contribution in [0.5, 0.6) is 0 Å². The van der Waals surface area contributed by atoms with Crippen molar-refractivity contribution in [2.75, 3.05) is 37.4 Å². The van der Waals surface area contributed by atoms with E-state index in [1.54, 1.807) is 4.90 Å². The Hall–Kier alpha value is -1.07. The van der Waals surface area contributed by atoms with Gasteiger partial charge in [0, 0.05) is 24.2 Å². The first-order chi connectivity index (χ1) is 13.8. The highest BCUT2D eigenvalue weighted by Gasteiger charge is 2.35. The average Bonchev–Trinajstić information content (AvgIpc) is 3.34. The van der Waals surface area contributed by atoms with Crippen LogP contribution in [0.1, 0.15) is 25.7 Å². The van der Waals surface area contributed by atoms with Crippen molar-refractivity contribution in [1.29, 1.82) is 0 Å². The van der Waals surface area contributed by atoms with Crippen molar-refractivity contribution in [3.8, 4) is 0 Å². The molecule has 29 heavy (non-hydrogen) atoms. The predicted octanol–water partition coefficient (Wildman–Crippen LogP) is 3.24. The number of hydrogen-bond acceptors (Lipinski definition) is 6. The molecule has 0 radical (unpaired) electrons. The van der Waals surface area contributed by atoms with Crippen molar-refractivity contribution >= 4 is 58.5 Å². The van der Waals surface area contributed by atoms with Gasteiger partial charge in [-0.1, -0.05) is 27.3 Å². The highest BCUT2D eigenvalue weighted by Crippen LogP contribution is 2.33. The lowest BCUT2D eigenvalue weighted by Crippen LogP contribution is -2.48. The van der Waals surface area contributed by atoms with Crippen molar-refractivity contribution in [3.05, 3.63) is 22.7 Å². The number of ether oxygens (including phenoxy) is 1. The Morgan fingerprint density at radius 2 is 2.21 bits per heavy atom. The molecule has 1 amide bonds.